The number of halogens is 1. The van der Waals surface area contributed by atoms with Crippen molar-refractivity contribution in [2.24, 2.45) is 0 Å². The lowest BCUT2D eigenvalue weighted by Crippen LogP contribution is -2.31. The van der Waals surface area contributed by atoms with E-state index in [0.29, 0.717) is 24.7 Å². The normalized spacial score (nSPS) is 15.2. The summed E-state index contributed by atoms with van der Waals surface area (Å²) in [4.78, 5) is 23.2. The van der Waals surface area contributed by atoms with Gasteiger partial charge in [0.2, 0.25) is 0 Å². The van der Waals surface area contributed by atoms with Gasteiger partial charge in [0.05, 0.1) is 29.3 Å². The molecule has 6 heteroatoms. The monoisotopic (exact) mass is 290 g/mol. The molecule has 2 heterocycles. The van der Waals surface area contributed by atoms with Crippen molar-refractivity contribution < 1.29 is 4.79 Å². The van der Waals surface area contributed by atoms with Crippen molar-refractivity contribution in [1.82, 2.24) is 14.9 Å². The Kier molecular flexibility index (Phi) is 3.36. The number of H-pyrrole nitrogens is 1. The van der Waals surface area contributed by atoms with Crippen LogP contribution in [0.15, 0.2) is 30.6 Å². The van der Waals surface area contributed by atoms with Crippen LogP contribution in [-0.2, 0) is 6.54 Å². The molecule has 104 valence electrons. The van der Waals surface area contributed by atoms with E-state index in [2.05, 4.69) is 9.97 Å². The smallest absolute Gasteiger partial charge is 0.325 e. The maximum Gasteiger partial charge on any atom is 0.325 e. The number of hydrogen-bond acceptors (Lipinski definition) is 2. The molecule has 0 bridgehead atoms. The first-order chi connectivity index (χ1) is 9.66. The molecular formula is C14H15ClN4O. The second-order valence-electron chi connectivity index (χ2n) is 4.78. The Morgan fingerprint density at radius 1 is 1.35 bits per heavy atom. The average Bonchev–Trinajstić information content (AvgIpc) is 2.99. The number of imidazole rings is 1. The number of anilines is 1. The maximum absolute atomic E-state index is 12.5. The number of carbonyl (C=O) groups excluding carboxylic acids is 1. The number of benzene rings is 1. The zero-order valence-corrected chi connectivity index (χ0v) is 11.9. The van der Waals surface area contributed by atoms with Crippen LogP contribution >= 0.6 is 11.6 Å². The van der Waals surface area contributed by atoms with Crippen LogP contribution in [0.25, 0.3) is 0 Å². The molecule has 1 fully saturated rings. The predicted molar refractivity (Wildman–Crippen MR) is 77.9 cm³/mol. The highest BCUT2D eigenvalue weighted by atomic mass is 35.5. The van der Waals surface area contributed by atoms with Gasteiger partial charge in [-0.15, -0.1) is 0 Å². The first-order valence-corrected chi connectivity index (χ1v) is 6.84. The van der Waals surface area contributed by atoms with Crippen LogP contribution in [-0.4, -0.2) is 34.0 Å². The average molecular weight is 291 g/mol. The lowest BCUT2D eigenvalue weighted by atomic mass is 10.3. The highest BCUT2D eigenvalue weighted by molar-refractivity contribution is 6.33. The summed E-state index contributed by atoms with van der Waals surface area (Å²) >= 11 is 6.16. The number of aryl methyl sites for hydroxylation is 1. The number of para-hydroxylation sites is 1. The van der Waals surface area contributed by atoms with Gasteiger partial charge in [0.15, 0.2) is 0 Å². The molecule has 3 rings (SSSR count). The molecule has 1 aromatic carbocycles. The molecule has 1 N–H and O–H groups in total. The van der Waals surface area contributed by atoms with E-state index in [-0.39, 0.29) is 6.03 Å². The Morgan fingerprint density at radius 3 is 2.85 bits per heavy atom. The van der Waals surface area contributed by atoms with Gasteiger partial charge >= 0.3 is 6.03 Å². The topological polar surface area (TPSA) is 52.2 Å². The summed E-state index contributed by atoms with van der Waals surface area (Å²) in [5.41, 5.74) is 2.66. The highest BCUT2D eigenvalue weighted by Crippen LogP contribution is 2.28. The third-order valence-electron chi connectivity index (χ3n) is 3.51. The zero-order chi connectivity index (χ0) is 14.1. The van der Waals surface area contributed by atoms with Crippen molar-refractivity contribution in [1.29, 1.82) is 0 Å². The van der Waals surface area contributed by atoms with Crippen molar-refractivity contribution in [2.75, 3.05) is 18.0 Å². The van der Waals surface area contributed by atoms with E-state index in [0.717, 1.165) is 17.1 Å². The summed E-state index contributed by atoms with van der Waals surface area (Å²) in [5.74, 6) is 0. The second-order valence-corrected chi connectivity index (χ2v) is 5.19. The second kappa shape index (κ2) is 5.17. The van der Waals surface area contributed by atoms with E-state index in [9.17, 15) is 4.79 Å². The number of aromatic amines is 1. The molecule has 2 aromatic rings. The van der Waals surface area contributed by atoms with E-state index in [4.69, 9.17) is 11.6 Å². The van der Waals surface area contributed by atoms with Crippen LogP contribution in [0.2, 0.25) is 5.02 Å². The van der Waals surface area contributed by atoms with Gasteiger partial charge in [-0.1, -0.05) is 23.7 Å². The zero-order valence-electron chi connectivity index (χ0n) is 11.1. The molecule has 0 aliphatic carbocycles. The standard InChI is InChI=1S/C14H15ClN4O/c1-10-12(17-9-16-10)8-18-6-7-19(14(18)20)13-5-3-2-4-11(13)15/h2-5,9H,6-8H2,1H3,(H,16,17). The third-order valence-corrected chi connectivity index (χ3v) is 3.83. The van der Waals surface area contributed by atoms with E-state index < -0.39 is 0 Å². The summed E-state index contributed by atoms with van der Waals surface area (Å²) < 4.78 is 0. The van der Waals surface area contributed by atoms with E-state index in [1.165, 1.54) is 0 Å². The lowest BCUT2D eigenvalue weighted by molar-refractivity contribution is 0.218. The minimum absolute atomic E-state index is 0.0273. The summed E-state index contributed by atoms with van der Waals surface area (Å²) in [5, 5.41) is 0.596. The molecule has 1 aliphatic rings. The summed E-state index contributed by atoms with van der Waals surface area (Å²) in [6, 6.07) is 7.38. The number of nitrogens with one attached hydrogen (secondary N) is 1. The number of nitrogens with zero attached hydrogens (tertiary/aromatic N) is 3. The van der Waals surface area contributed by atoms with Crippen LogP contribution in [0.3, 0.4) is 0 Å². The van der Waals surface area contributed by atoms with E-state index in [1.54, 1.807) is 22.2 Å². The Hall–Kier alpha value is -2.01. The summed E-state index contributed by atoms with van der Waals surface area (Å²) in [7, 11) is 0. The van der Waals surface area contributed by atoms with Gasteiger partial charge < -0.3 is 9.88 Å². The molecule has 2 amide bonds. The fourth-order valence-corrected chi connectivity index (χ4v) is 2.59. The molecule has 5 nitrogen and oxygen atoms in total. The molecular weight excluding hydrogens is 276 g/mol. The van der Waals surface area contributed by atoms with Gasteiger partial charge in [-0.25, -0.2) is 9.78 Å². The Morgan fingerprint density at radius 2 is 2.15 bits per heavy atom. The molecule has 0 radical (unpaired) electrons. The first-order valence-electron chi connectivity index (χ1n) is 6.46. The number of urea groups is 1. The van der Waals surface area contributed by atoms with Gasteiger partial charge in [-0.2, -0.15) is 0 Å². The molecule has 0 unspecified atom stereocenters. The van der Waals surface area contributed by atoms with Gasteiger partial charge in [-0.3, -0.25) is 4.90 Å². The van der Waals surface area contributed by atoms with Crippen molar-refractivity contribution >= 4 is 23.3 Å². The van der Waals surface area contributed by atoms with Crippen LogP contribution in [0.5, 0.6) is 0 Å². The Bertz CT molecular complexity index is 640. The molecule has 1 saturated heterocycles. The fourth-order valence-electron chi connectivity index (χ4n) is 2.35. The number of aromatic nitrogens is 2. The molecule has 0 spiro atoms. The summed E-state index contributed by atoms with van der Waals surface area (Å²) in [6.07, 6.45) is 1.65. The minimum Gasteiger partial charge on any atom is -0.348 e. The largest absolute Gasteiger partial charge is 0.348 e. The molecule has 1 aliphatic heterocycles. The van der Waals surface area contributed by atoms with Crippen molar-refractivity contribution in [2.45, 2.75) is 13.5 Å². The first kappa shape index (κ1) is 13.0. The maximum atomic E-state index is 12.5. The van der Waals surface area contributed by atoms with Gasteiger partial charge in [-0.05, 0) is 19.1 Å². The van der Waals surface area contributed by atoms with E-state index >= 15 is 0 Å². The quantitative estimate of drug-likeness (QED) is 0.945. The Balaban J connectivity index is 1.78. The third kappa shape index (κ3) is 2.25. The predicted octanol–water partition coefficient (Wildman–Crippen LogP) is 2.81. The van der Waals surface area contributed by atoms with Crippen LogP contribution < -0.4 is 4.90 Å². The summed E-state index contributed by atoms with van der Waals surface area (Å²) in [6.45, 7) is 3.80. The van der Waals surface area contributed by atoms with E-state index in [1.807, 2.05) is 25.1 Å². The van der Waals surface area contributed by atoms with Crippen LogP contribution in [0.1, 0.15) is 11.4 Å². The van der Waals surface area contributed by atoms with Gasteiger partial charge in [0, 0.05) is 18.8 Å². The van der Waals surface area contributed by atoms with Crippen molar-refractivity contribution in [3.05, 3.63) is 47.0 Å². The fraction of sp³-hybridized carbons (Fsp3) is 0.286. The molecule has 20 heavy (non-hydrogen) atoms. The number of rotatable bonds is 3. The number of carbonyl (C=O) groups is 1. The number of hydrogen-bond donors (Lipinski definition) is 1. The molecule has 1 aromatic heterocycles. The molecule has 0 saturated carbocycles. The van der Waals surface area contributed by atoms with Gasteiger partial charge in [0.1, 0.15) is 0 Å². The lowest BCUT2D eigenvalue weighted by Gasteiger charge is -2.19. The number of amides is 2. The highest BCUT2D eigenvalue weighted by Gasteiger charge is 2.31. The van der Waals surface area contributed by atoms with Gasteiger partial charge in [0.25, 0.3) is 0 Å². The van der Waals surface area contributed by atoms with Crippen LogP contribution in [0, 0.1) is 6.92 Å². The minimum atomic E-state index is -0.0273. The molecule has 0 atom stereocenters. The van der Waals surface area contributed by atoms with Crippen molar-refractivity contribution in [3.8, 4) is 0 Å². The Labute approximate surface area is 122 Å². The van der Waals surface area contributed by atoms with Crippen LogP contribution in [0.4, 0.5) is 10.5 Å². The van der Waals surface area contributed by atoms with Crippen molar-refractivity contribution in [3.63, 3.8) is 0 Å². The SMILES string of the molecule is Cc1[nH]cnc1CN1CCN(c2ccccc2Cl)C1=O.